The van der Waals surface area contributed by atoms with E-state index in [4.69, 9.17) is 0 Å². The number of allylic oxidation sites excluding steroid dienone is 4. The number of ketones is 1. The van der Waals surface area contributed by atoms with Crippen LogP contribution >= 0.6 is 0 Å². The molecule has 4 aliphatic rings. The minimum Gasteiger partial charge on any atom is -0.393 e. The molecule has 4 aliphatic carbocycles. The Morgan fingerprint density at radius 1 is 1.28 bits per heavy atom. The van der Waals surface area contributed by atoms with Gasteiger partial charge in [0.2, 0.25) is 0 Å². The Morgan fingerprint density at radius 2 is 2.03 bits per heavy atom. The van der Waals surface area contributed by atoms with Gasteiger partial charge in [0.1, 0.15) is 0 Å². The molecule has 8 atom stereocenters. The summed E-state index contributed by atoms with van der Waals surface area (Å²) in [6.45, 7) is 6.07. The first-order chi connectivity index (χ1) is 13.7. The summed E-state index contributed by atoms with van der Waals surface area (Å²) in [6.07, 6.45) is 10.4. The average Bonchev–Trinajstić information content (AvgIpc) is 2.80. The summed E-state index contributed by atoms with van der Waals surface area (Å²) < 4.78 is 0. The van der Waals surface area contributed by atoms with Crippen molar-refractivity contribution in [2.24, 2.45) is 29.1 Å². The highest BCUT2D eigenvalue weighted by molar-refractivity contribution is 5.93. The van der Waals surface area contributed by atoms with Crippen LogP contribution in [-0.2, 0) is 4.79 Å². The topological polar surface area (TPSA) is 77.8 Å². The van der Waals surface area contributed by atoms with E-state index in [0.717, 1.165) is 32.1 Å². The molecule has 2 saturated carbocycles. The molecule has 0 heterocycles. The van der Waals surface area contributed by atoms with Crippen LogP contribution in [-0.4, -0.2) is 39.4 Å². The maximum absolute atomic E-state index is 13.0. The first-order valence-corrected chi connectivity index (χ1v) is 11.4. The summed E-state index contributed by atoms with van der Waals surface area (Å²) in [7, 11) is 0. The van der Waals surface area contributed by atoms with Crippen LogP contribution in [0.1, 0.15) is 65.7 Å². The lowest BCUT2D eigenvalue weighted by atomic mass is 9.58. The molecule has 2 bridgehead atoms. The van der Waals surface area contributed by atoms with Gasteiger partial charge in [-0.05, 0) is 82.1 Å². The van der Waals surface area contributed by atoms with E-state index in [1.807, 2.05) is 12.2 Å². The molecule has 2 fully saturated rings. The van der Waals surface area contributed by atoms with Crippen LogP contribution < -0.4 is 0 Å². The fraction of sp³-hybridized carbons (Fsp3) is 0.720. The van der Waals surface area contributed by atoms with Crippen LogP contribution in [0.25, 0.3) is 0 Å². The van der Waals surface area contributed by atoms with Gasteiger partial charge in [-0.3, -0.25) is 4.79 Å². The molecule has 0 unspecified atom stereocenters. The molecule has 0 saturated heterocycles. The van der Waals surface area contributed by atoms with Gasteiger partial charge in [-0.1, -0.05) is 35.8 Å². The van der Waals surface area contributed by atoms with Gasteiger partial charge in [-0.15, -0.1) is 0 Å². The second-order valence-corrected chi connectivity index (χ2v) is 10.3. The lowest BCUT2D eigenvalue weighted by Crippen LogP contribution is -2.37. The third-order valence-corrected chi connectivity index (χ3v) is 8.44. The van der Waals surface area contributed by atoms with Crippen LogP contribution in [0.4, 0.5) is 0 Å². The monoisotopic (exact) mass is 400 g/mol. The summed E-state index contributed by atoms with van der Waals surface area (Å²) in [6, 6.07) is 0. The summed E-state index contributed by atoms with van der Waals surface area (Å²) in [5.41, 5.74) is 3.97. The molecule has 0 aliphatic heterocycles. The molecule has 0 aromatic rings. The molecule has 0 aromatic heterocycles. The Morgan fingerprint density at radius 3 is 2.76 bits per heavy atom. The SMILES string of the molecule is CC(=C[C@H](O)[C@@H](C)O)[C@H]1CC[C@H]2C3=CC(=O)[C@H]4CC(=CC[C@H](O)C4)[C@H]3CC[C@]12C. The van der Waals surface area contributed by atoms with Crippen molar-refractivity contribution < 1.29 is 20.1 Å². The van der Waals surface area contributed by atoms with E-state index in [0.29, 0.717) is 30.6 Å². The van der Waals surface area contributed by atoms with E-state index in [-0.39, 0.29) is 17.1 Å². The third kappa shape index (κ3) is 3.68. The summed E-state index contributed by atoms with van der Waals surface area (Å²) in [5.74, 6) is 1.27. The molecule has 0 amide bonds. The number of carbonyl (C=O) groups excluding carboxylic acids is 1. The number of carbonyl (C=O) groups is 1. The van der Waals surface area contributed by atoms with E-state index in [1.54, 1.807) is 6.92 Å². The fourth-order valence-electron chi connectivity index (χ4n) is 6.82. The minimum absolute atomic E-state index is 0.0665. The van der Waals surface area contributed by atoms with Gasteiger partial charge in [0.15, 0.2) is 5.78 Å². The zero-order valence-corrected chi connectivity index (χ0v) is 18.0. The van der Waals surface area contributed by atoms with Gasteiger partial charge in [0, 0.05) is 11.8 Å². The number of rotatable bonds is 3. The molecule has 160 valence electrons. The lowest BCUT2D eigenvalue weighted by Gasteiger charge is -2.46. The molecule has 4 nitrogen and oxygen atoms in total. The average molecular weight is 401 g/mol. The number of hydrogen-bond donors (Lipinski definition) is 3. The summed E-state index contributed by atoms with van der Waals surface area (Å²) in [5, 5.41) is 30.0. The summed E-state index contributed by atoms with van der Waals surface area (Å²) >= 11 is 0. The molecular weight excluding hydrogens is 364 g/mol. The summed E-state index contributed by atoms with van der Waals surface area (Å²) in [4.78, 5) is 13.0. The van der Waals surface area contributed by atoms with Crippen LogP contribution in [0.5, 0.6) is 0 Å². The van der Waals surface area contributed by atoms with Crippen molar-refractivity contribution in [1.29, 1.82) is 0 Å². The highest BCUT2D eigenvalue weighted by Crippen LogP contribution is 2.62. The van der Waals surface area contributed by atoms with Crippen molar-refractivity contribution in [3.63, 3.8) is 0 Å². The zero-order chi connectivity index (χ0) is 20.9. The highest BCUT2D eigenvalue weighted by Gasteiger charge is 2.53. The van der Waals surface area contributed by atoms with E-state index in [1.165, 1.54) is 16.7 Å². The maximum atomic E-state index is 13.0. The Hall–Kier alpha value is -1.23. The number of aliphatic hydroxyl groups is 3. The van der Waals surface area contributed by atoms with Crippen molar-refractivity contribution in [1.82, 2.24) is 0 Å². The number of fused-ring (bicyclic) bond motifs is 6. The van der Waals surface area contributed by atoms with Gasteiger partial charge in [0.25, 0.3) is 0 Å². The molecular formula is C25H36O4. The van der Waals surface area contributed by atoms with E-state index >= 15 is 0 Å². The smallest absolute Gasteiger partial charge is 0.159 e. The molecule has 0 spiro atoms. The standard InChI is InChI=1S/C25H36O4/c1-14(10-23(28)15(2)26)21-6-7-22-20-13-24(29)17-11-16(4-5-18(27)12-17)19(20)8-9-25(21,22)3/h4,10,13,15,17-19,21-23,26-28H,5-9,11-12H2,1-3H3/t15-,17+,18+,19-,21-,22+,23+,25-/m1/s1. The minimum atomic E-state index is -0.827. The van der Waals surface area contributed by atoms with Crippen LogP contribution in [0.2, 0.25) is 0 Å². The predicted octanol–water partition coefficient (Wildman–Crippen LogP) is 3.71. The van der Waals surface area contributed by atoms with Crippen molar-refractivity contribution in [2.45, 2.75) is 84.0 Å². The van der Waals surface area contributed by atoms with Crippen molar-refractivity contribution in [2.75, 3.05) is 0 Å². The highest BCUT2D eigenvalue weighted by atomic mass is 16.3. The van der Waals surface area contributed by atoms with E-state index < -0.39 is 18.3 Å². The molecule has 0 radical (unpaired) electrons. The maximum Gasteiger partial charge on any atom is 0.159 e. The van der Waals surface area contributed by atoms with Crippen molar-refractivity contribution in [3.8, 4) is 0 Å². The van der Waals surface area contributed by atoms with Crippen LogP contribution in [0, 0.1) is 29.1 Å². The first kappa shape index (κ1) is 21.0. The van der Waals surface area contributed by atoms with Gasteiger partial charge in [-0.2, -0.15) is 0 Å². The van der Waals surface area contributed by atoms with Gasteiger partial charge in [0.05, 0.1) is 18.3 Å². The van der Waals surface area contributed by atoms with Gasteiger partial charge in [-0.25, -0.2) is 0 Å². The molecule has 4 rings (SSSR count). The Balaban J connectivity index is 1.66. The number of hydrogen-bond acceptors (Lipinski definition) is 4. The largest absolute Gasteiger partial charge is 0.393 e. The Bertz CT molecular complexity index is 761. The third-order valence-electron chi connectivity index (χ3n) is 8.44. The van der Waals surface area contributed by atoms with Gasteiger partial charge < -0.3 is 15.3 Å². The quantitative estimate of drug-likeness (QED) is 0.631. The van der Waals surface area contributed by atoms with Crippen molar-refractivity contribution >= 4 is 5.78 Å². The first-order valence-electron chi connectivity index (χ1n) is 11.4. The molecule has 29 heavy (non-hydrogen) atoms. The van der Waals surface area contributed by atoms with Gasteiger partial charge >= 0.3 is 0 Å². The second-order valence-electron chi connectivity index (χ2n) is 10.3. The Labute approximate surface area is 174 Å². The molecule has 3 N–H and O–H groups in total. The van der Waals surface area contributed by atoms with E-state index in [2.05, 4.69) is 19.9 Å². The van der Waals surface area contributed by atoms with E-state index in [9.17, 15) is 20.1 Å². The molecule has 4 heteroatoms. The fourth-order valence-corrected chi connectivity index (χ4v) is 6.82. The lowest BCUT2D eigenvalue weighted by molar-refractivity contribution is -0.119. The second kappa shape index (κ2) is 7.79. The molecule has 0 aromatic carbocycles. The normalized spacial score (nSPS) is 42.1. The predicted molar refractivity (Wildman–Crippen MR) is 113 cm³/mol. The Kier molecular flexibility index (Phi) is 5.65. The van der Waals surface area contributed by atoms with Crippen molar-refractivity contribution in [3.05, 3.63) is 34.9 Å². The number of aliphatic hydroxyl groups excluding tert-OH is 3. The van der Waals surface area contributed by atoms with Crippen LogP contribution in [0.3, 0.4) is 0 Å². The zero-order valence-electron chi connectivity index (χ0n) is 18.0. The van der Waals surface area contributed by atoms with Crippen LogP contribution in [0.15, 0.2) is 34.9 Å².